The minimum Gasteiger partial charge on any atom is -0.494 e. The van der Waals surface area contributed by atoms with Gasteiger partial charge < -0.3 is 14.2 Å². The fourth-order valence-corrected chi connectivity index (χ4v) is 3.88. The first-order valence-electron chi connectivity index (χ1n) is 10.3. The van der Waals surface area contributed by atoms with Gasteiger partial charge in [0.1, 0.15) is 17.2 Å². The van der Waals surface area contributed by atoms with E-state index in [1.165, 1.54) is 24.3 Å². The normalized spacial score (nSPS) is 14.0. The van der Waals surface area contributed by atoms with Crippen LogP contribution in [0.25, 0.3) is 11.1 Å². The van der Waals surface area contributed by atoms with Crippen LogP contribution in [-0.4, -0.2) is 23.5 Å². The molecule has 0 atom stereocenters. The second-order valence-corrected chi connectivity index (χ2v) is 7.55. The molecule has 0 N–H and O–H groups in total. The van der Waals surface area contributed by atoms with E-state index in [2.05, 4.69) is 0 Å². The van der Waals surface area contributed by atoms with Gasteiger partial charge in [0.25, 0.3) is 5.69 Å². The SMILES string of the molecule is CCCOc1ccc(C2=c3cc4c(cc3OC2=O)=C(c2ccc([N+](=O)[O-])cc2)C(=O)O4)cc1. The third-order valence-electron chi connectivity index (χ3n) is 5.42. The van der Waals surface area contributed by atoms with E-state index in [4.69, 9.17) is 14.2 Å². The zero-order valence-corrected chi connectivity index (χ0v) is 17.5. The summed E-state index contributed by atoms with van der Waals surface area (Å²) in [6.07, 6.45) is 0.890. The topological polar surface area (TPSA) is 105 Å². The highest BCUT2D eigenvalue weighted by molar-refractivity contribution is 6.21. The summed E-state index contributed by atoms with van der Waals surface area (Å²) in [5, 5.41) is 11.9. The van der Waals surface area contributed by atoms with Gasteiger partial charge in [0.2, 0.25) is 0 Å². The molecule has 2 aliphatic rings. The van der Waals surface area contributed by atoms with Gasteiger partial charge in [0.05, 0.1) is 22.7 Å². The number of carbonyl (C=O) groups is 2. The van der Waals surface area contributed by atoms with Crippen molar-refractivity contribution in [3.8, 4) is 17.2 Å². The molecule has 33 heavy (non-hydrogen) atoms. The fourth-order valence-electron chi connectivity index (χ4n) is 3.88. The molecule has 8 heteroatoms. The maximum absolute atomic E-state index is 12.7. The van der Waals surface area contributed by atoms with Crippen molar-refractivity contribution >= 4 is 28.8 Å². The van der Waals surface area contributed by atoms with Crippen LogP contribution < -0.4 is 24.6 Å². The Morgan fingerprint density at radius 3 is 1.76 bits per heavy atom. The number of hydrogen-bond donors (Lipinski definition) is 0. The molecule has 0 aromatic heterocycles. The maximum Gasteiger partial charge on any atom is 0.344 e. The minimum atomic E-state index is -0.576. The van der Waals surface area contributed by atoms with Crippen LogP contribution in [0, 0.1) is 10.1 Å². The van der Waals surface area contributed by atoms with E-state index in [0.29, 0.717) is 51.0 Å². The lowest BCUT2D eigenvalue weighted by Gasteiger charge is -2.05. The number of benzene rings is 3. The van der Waals surface area contributed by atoms with E-state index >= 15 is 0 Å². The molecule has 2 heterocycles. The molecule has 0 aliphatic carbocycles. The Hall–Kier alpha value is -4.46. The summed E-state index contributed by atoms with van der Waals surface area (Å²) in [6.45, 7) is 2.62. The van der Waals surface area contributed by atoms with E-state index in [0.717, 1.165) is 6.42 Å². The highest BCUT2D eigenvalue weighted by Gasteiger charge is 2.30. The Kier molecular flexibility index (Phi) is 4.90. The molecule has 2 aliphatic heterocycles. The molecular formula is C25H17NO7. The molecular weight excluding hydrogens is 426 g/mol. The van der Waals surface area contributed by atoms with E-state index in [9.17, 15) is 19.7 Å². The van der Waals surface area contributed by atoms with Crippen LogP contribution >= 0.6 is 0 Å². The number of carbonyl (C=O) groups excluding carboxylic acids is 2. The van der Waals surface area contributed by atoms with Gasteiger partial charge in [-0.3, -0.25) is 10.1 Å². The van der Waals surface area contributed by atoms with E-state index in [1.54, 1.807) is 36.4 Å². The standard InChI is InChI=1S/C25H17NO7/c1-2-11-31-17-9-5-15(6-10-17)23-19-13-20-18(12-21(19)33-25(23)28)22(24(27)32-20)14-3-7-16(8-4-14)26(29)30/h3-10,12-13H,2,11H2,1H3. The van der Waals surface area contributed by atoms with Gasteiger partial charge in [-0.25, -0.2) is 9.59 Å². The Labute approximate surface area is 187 Å². The molecule has 3 aromatic carbocycles. The monoisotopic (exact) mass is 443 g/mol. The van der Waals surface area contributed by atoms with Crippen LogP contribution in [0.15, 0.2) is 60.7 Å². The van der Waals surface area contributed by atoms with E-state index in [1.807, 2.05) is 6.92 Å². The van der Waals surface area contributed by atoms with Crippen molar-refractivity contribution in [2.45, 2.75) is 13.3 Å². The highest BCUT2D eigenvalue weighted by Crippen LogP contribution is 2.28. The zero-order chi connectivity index (χ0) is 23.1. The fraction of sp³-hybridized carbons (Fsp3) is 0.120. The molecule has 0 unspecified atom stereocenters. The Morgan fingerprint density at radius 1 is 0.818 bits per heavy atom. The number of hydrogen-bond acceptors (Lipinski definition) is 7. The Balaban J connectivity index is 1.61. The highest BCUT2D eigenvalue weighted by atomic mass is 16.6. The van der Waals surface area contributed by atoms with Crippen LogP contribution in [0.2, 0.25) is 0 Å². The largest absolute Gasteiger partial charge is 0.494 e. The summed E-state index contributed by atoms with van der Waals surface area (Å²) in [5.41, 5.74) is 1.67. The first kappa shape index (κ1) is 20.4. The molecule has 8 nitrogen and oxygen atoms in total. The van der Waals surface area contributed by atoms with Crippen LogP contribution in [0.1, 0.15) is 24.5 Å². The lowest BCUT2D eigenvalue weighted by Crippen LogP contribution is -2.11. The van der Waals surface area contributed by atoms with Gasteiger partial charge in [0, 0.05) is 22.6 Å². The third kappa shape index (κ3) is 3.51. The second-order valence-electron chi connectivity index (χ2n) is 7.55. The first-order valence-corrected chi connectivity index (χ1v) is 10.3. The van der Waals surface area contributed by atoms with Gasteiger partial charge in [-0.1, -0.05) is 19.1 Å². The van der Waals surface area contributed by atoms with Crippen molar-refractivity contribution in [1.82, 2.24) is 0 Å². The van der Waals surface area contributed by atoms with E-state index < -0.39 is 16.9 Å². The van der Waals surface area contributed by atoms with Crippen molar-refractivity contribution in [3.05, 3.63) is 92.3 Å². The summed E-state index contributed by atoms with van der Waals surface area (Å²) in [7, 11) is 0. The Bertz CT molecular complexity index is 1440. The van der Waals surface area contributed by atoms with Crippen molar-refractivity contribution in [3.63, 3.8) is 0 Å². The van der Waals surface area contributed by atoms with Gasteiger partial charge in [-0.15, -0.1) is 0 Å². The summed E-state index contributed by atoms with van der Waals surface area (Å²) in [5.74, 6) is 0.244. The van der Waals surface area contributed by atoms with Crippen molar-refractivity contribution < 1.29 is 28.7 Å². The van der Waals surface area contributed by atoms with Gasteiger partial charge in [-0.05, 0) is 53.9 Å². The maximum atomic E-state index is 12.7. The average Bonchev–Trinajstić information content (AvgIpc) is 3.30. The summed E-state index contributed by atoms with van der Waals surface area (Å²) >= 11 is 0. The number of rotatable bonds is 6. The predicted molar refractivity (Wildman–Crippen MR) is 117 cm³/mol. The number of esters is 2. The molecule has 3 aromatic rings. The number of nitro benzene ring substituents is 1. The molecule has 5 rings (SSSR count). The number of nitrogens with zero attached hydrogens (tertiary/aromatic N) is 1. The Morgan fingerprint density at radius 2 is 1.30 bits per heavy atom. The molecule has 0 amide bonds. The predicted octanol–water partition coefficient (Wildman–Crippen LogP) is 2.62. The van der Waals surface area contributed by atoms with Crippen LogP contribution in [0.5, 0.6) is 17.2 Å². The molecule has 0 fully saturated rings. The zero-order valence-electron chi connectivity index (χ0n) is 17.5. The molecule has 0 bridgehead atoms. The lowest BCUT2D eigenvalue weighted by molar-refractivity contribution is -0.384. The van der Waals surface area contributed by atoms with Crippen molar-refractivity contribution in [2.75, 3.05) is 6.61 Å². The van der Waals surface area contributed by atoms with Crippen LogP contribution in [0.3, 0.4) is 0 Å². The number of non-ortho nitro benzene ring substituents is 1. The molecule has 0 radical (unpaired) electrons. The van der Waals surface area contributed by atoms with Crippen LogP contribution in [0.4, 0.5) is 5.69 Å². The van der Waals surface area contributed by atoms with Gasteiger partial charge in [-0.2, -0.15) is 0 Å². The summed E-state index contributed by atoms with van der Waals surface area (Å²) in [4.78, 5) is 35.7. The first-order chi connectivity index (χ1) is 16.0. The molecule has 0 saturated heterocycles. The number of ether oxygens (including phenoxy) is 3. The summed E-state index contributed by atoms with van der Waals surface area (Å²) in [6, 6.07) is 16.0. The molecule has 164 valence electrons. The van der Waals surface area contributed by atoms with Gasteiger partial charge in [0.15, 0.2) is 0 Å². The van der Waals surface area contributed by atoms with Crippen LogP contribution in [-0.2, 0) is 9.59 Å². The van der Waals surface area contributed by atoms with Gasteiger partial charge >= 0.3 is 11.9 Å². The smallest absolute Gasteiger partial charge is 0.344 e. The second kappa shape index (κ2) is 7.90. The number of fused-ring (bicyclic) bond motifs is 2. The third-order valence-corrected chi connectivity index (χ3v) is 5.42. The molecule has 0 saturated carbocycles. The lowest BCUT2D eigenvalue weighted by atomic mass is 10.0. The van der Waals surface area contributed by atoms with Crippen molar-refractivity contribution in [2.24, 2.45) is 0 Å². The minimum absolute atomic E-state index is 0.0841. The van der Waals surface area contributed by atoms with Crippen molar-refractivity contribution in [1.29, 1.82) is 0 Å². The average molecular weight is 443 g/mol. The molecule has 0 spiro atoms. The quantitative estimate of drug-likeness (QED) is 0.250. The van der Waals surface area contributed by atoms with E-state index in [-0.39, 0.29) is 11.3 Å². The summed E-state index contributed by atoms with van der Waals surface area (Å²) < 4.78 is 16.5. The number of nitro groups is 1.